The molecule has 0 amide bonds. The summed E-state index contributed by atoms with van der Waals surface area (Å²) >= 11 is 0. The molecule has 0 atom stereocenters. The molecule has 100 valence electrons. The van der Waals surface area contributed by atoms with Gasteiger partial charge < -0.3 is 4.52 Å². The van der Waals surface area contributed by atoms with Crippen molar-refractivity contribution in [2.75, 3.05) is 0 Å². The van der Waals surface area contributed by atoms with E-state index in [0.29, 0.717) is 23.1 Å². The van der Waals surface area contributed by atoms with E-state index in [4.69, 9.17) is 4.52 Å². The minimum atomic E-state index is 0.314. The van der Waals surface area contributed by atoms with E-state index in [1.807, 2.05) is 6.92 Å². The van der Waals surface area contributed by atoms with Crippen LogP contribution in [0.4, 0.5) is 0 Å². The fourth-order valence-corrected chi connectivity index (χ4v) is 1.44. The molecule has 0 spiro atoms. The zero-order valence-corrected chi connectivity index (χ0v) is 11.0. The van der Waals surface area contributed by atoms with Gasteiger partial charge in [0.2, 0.25) is 5.82 Å². The molecule has 0 aliphatic heterocycles. The first-order valence-electron chi connectivity index (χ1n) is 5.85. The zero-order chi connectivity index (χ0) is 14.4. The number of hydrogen-bond donors (Lipinski definition) is 0. The highest BCUT2D eigenvalue weighted by molar-refractivity contribution is 6.06. The molecule has 0 N–H and O–H groups in total. The maximum absolute atomic E-state index is 5.19. The largest absolute Gasteiger partial charge is 0.332 e. The van der Waals surface area contributed by atoms with Gasteiger partial charge in [-0.15, -0.1) is 0 Å². The lowest BCUT2D eigenvalue weighted by atomic mass is 10.3. The molecular formula is C14H13N5O. The molecule has 0 unspecified atom stereocenters. The summed E-state index contributed by atoms with van der Waals surface area (Å²) in [4.78, 5) is 16.5. The first kappa shape index (κ1) is 13.5. The Morgan fingerprint density at radius 1 is 1.35 bits per heavy atom. The van der Waals surface area contributed by atoms with Crippen LogP contribution < -0.4 is 0 Å². The van der Waals surface area contributed by atoms with Crippen LogP contribution >= 0.6 is 0 Å². The summed E-state index contributed by atoms with van der Waals surface area (Å²) in [5, 5.41) is 3.88. The van der Waals surface area contributed by atoms with Crippen LogP contribution in [0, 0.1) is 6.92 Å². The fourth-order valence-electron chi connectivity index (χ4n) is 1.44. The lowest BCUT2D eigenvalue weighted by Crippen LogP contribution is -1.99. The fraction of sp³-hybridized carbons (Fsp3) is 0.0714. The predicted molar refractivity (Wildman–Crippen MR) is 76.1 cm³/mol. The van der Waals surface area contributed by atoms with Gasteiger partial charge in [0.25, 0.3) is 5.89 Å². The SMILES string of the molecule is C=C/C=C\C(=NC=C)c1noc(-c2cc(C)ncn2)n1. The Labute approximate surface area is 116 Å². The van der Waals surface area contributed by atoms with Crippen molar-refractivity contribution in [3.63, 3.8) is 0 Å². The zero-order valence-electron chi connectivity index (χ0n) is 11.0. The highest BCUT2D eigenvalue weighted by atomic mass is 16.5. The Kier molecular flexibility index (Phi) is 4.28. The molecular weight excluding hydrogens is 254 g/mol. The van der Waals surface area contributed by atoms with E-state index in [-0.39, 0.29) is 0 Å². The van der Waals surface area contributed by atoms with Crippen molar-refractivity contribution < 1.29 is 4.52 Å². The van der Waals surface area contributed by atoms with Crippen LogP contribution in [0.5, 0.6) is 0 Å². The molecule has 0 aromatic carbocycles. The van der Waals surface area contributed by atoms with Crippen molar-refractivity contribution >= 4 is 5.71 Å². The molecule has 20 heavy (non-hydrogen) atoms. The monoisotopic (exact) mass is 267 g/mol. The molecule has 2 aromatic heterocycles. The summed E-state index contributed by atoms with van der Waals surface area (Å²) < 4.78 is 5.19. The van der Waals surface area contributed by atoms with Crippen molar-refractivity contribution in [1.29, 1.82) is 0 Å². The standard InChI is InChI=1S/C14H13N5O/c1-4-6-7-11(15-5-2)13-18-14(20-19-13)12-8-10(3)16-9-17-12/h4-9H,1-2H2,3H3/b7-6-,15-11?. The van der Waals surface area contributed by atoms with Crippen LogP contribution in [-0.2, 0) is 0 Å². The van der Waals surface area contributed by atoms with E-state index in [9.17, 15) is 0 Å². The van der Waals surface area contributed by atoms with Crippen LogP contribution in [0.25, 0.3) is 11.6 Å². The maximum Gasteiger partial charge on any atom is 0.277 e. The van der Waals surface area contributed by atoms with Crippen molar-refractivity contribution in [2.45, 2.75) is 6.92 Å². The smallest absolute Gasteiger partial charge is 0.277 e. The van der Waals surface area contributed by atoms with E-state index in [2.05, 4.69) is 38.3 Å². The van der Waals surface area contributed by atoms with E-state index < -0.39 is 0 Å². The van der Waals surface area contributed by atoms with Gasteiger partial charge in [-0.3, -0.25) is 4.99 Å². The normalized spacial score (nSPS) is 11.8. The average Bonchev–Trinajstić information content (AvgIpc) is 2.93. The Morgan fingerprint density at radius 2 is 2.20 bits per heavy atom. The number of hydrogen-bond acceptors (Lipinski definition) is 6. The topological polar surface area (TPSA) is 77.1 Å². The summed E-state index contributed by atoms with van der Waals surface area (Å²) in [7, 11) is 0. The minimum Gasteiger partial charge on any atom is -0.332 e. The molecule has 0 aliphatic rings. The molecule has 0 radical (unpaired) electrons. The first-order valence-corrected chi connectivity index (χ1v) is 5.85. The summed E-state index contributed by atoms with van der Waals surface area (Å²) in [6.45, 7) is 9.02. The predicted octanol–water partition coefficient (Wildman–Crippen LogP) is 2.51. The number of nitrogens with zero attached hydrogens (tertiary/aromatic N) is 5. The number of allylic oxidation sites excluding steroid dienone is 3. The summed E-state index contributed by atoms with van der Waals surface area (Å²) in [5.74, 6) is 0.670. The Bertz CT molecular complexity index is 684. The lowest BCUT2D eigenvalue weighted by molar-refractivity contribution is 0.427. The number of aliphatic imine (C=N–C) groups is 1. The van der Waals surface area contributed by atoms with Crippen molar-refractivity contribution in [2.24, 2.45) is 4.99 Å². The highest BCUT2D eigenvalue weighted by Gasteiger charge is 2.13. The van der Waals surface area contributed by atoms with Crippen LogP contribution in [0.1, 0.15) is 11.5 Å². The second kappa shape index (κ2) is 6.33. The number of aromatic nitrogens is 4. The van der Waals surface area contributed by atoms with Crippen LogP contribution in [0.3, 0.4) is 0 Å². The van der Waals surface area contributed by atoms with Gasteiger partial charge in [0, 0.05) is 11.9 Å². The molecule has 6 heteroatoms. The van der Waals surface area contributed by atoms with Gasteiger partial charge >= 0.3 is 0 Å². The minimum absolute atomic E-state index is 0.314. The molecule has 0 bridgehead atoms. The Balaban J connectivity index is 2.36. The molecule has 0 fully saturated rings. The van der Waals surface area contributed by atoms with Gasteiger partial charge in [0.15, 0.2) is 0 Å². The van der Waals surface area contributed by atoms with Gasteiger partial charge in [-0.05, 0) is 19.1 Å². The molecule has 0 saturated carbocycles. The molecule has 0 aliphatic carbocycles. The maximum atomic E-state index is 5.19. The first-order chi connectivity index (χ1) is 9.74. The van der Waals surface area contributed by atoms with Gasteiger partial charge in [0.1, 0.15) is 17.7 Å². The van der Waals surface area contributed by atoms with Gasteiger partial charge in [-0.25, -0.2) is 9.97 Å². The number of aryl methyl sites for hydroxylation is 1. The Hall–Kier alpha value is -2.89. The molecule has 2 rings (SSSR count). The van der Waals surface area contributed by atoms with Gasteiger partial charge in [-0.2, -0.15) is 4.98 Å². The summed E-state index contributed by atoms with van der Waals surface area (Å²) in [6.07, 6.45) is 7.94. The van der Waals surface area contributed by atoms with Crippen LogP contribution in [0.15, 0.2) is 59.5 Å². The van der Waals surface area contributed by atoms with Crippen molar-refractivity contribution in [3.8, 4) is 11.6 Å². The van der Waals surface area contributed by atoms with Crippen molar-refractivity contribution in [1.82, 2.24) is 20.1 Å². The molecule has 2 heterocycles. The Morgan fingerprint density at radius 3 is 2.90 bits per heavy atom. The molecule has 6 nitrogen and oxygen atoms in total. The van der Waals surface area contributed by atoms with E-state index >= 15 is 0 Å². The quantitative estimate of drug-likeness (QED) is 0.614. The van der Waals surface area contributed by atoms with E-state index in [1.165, 1.54) is 12.5 Å². The van der Waals surface area contributed by atoms with Crippen LogP contribution in [0.2, 0.25) is 0 Å². The third-order valence-electron chi connectivity index (χ3n) is 2.30. The third kappa shape index (κ3) is 3.11. The molecule has 0 saturated heterocycles. The summed E-state index contributed by atoms with van der Waals surface area (Å²) in [6, 6.07) is 1.77. The van der Waals surface area contributed by atoms with Crippen LogP contribution in [-0.4, -0.2) is 25.8 Å². The van der Waals surface area contributed by atoms with Gasteiger partial charge in [-0.1, -0.05) is 30.5 Å². The van der Waals surface area contributed by atoms with E-state index in [1.54, 1.807) is 24.3 Å². The van der Waals surface area contributed by atoms with Gasteiger partial charge in [0.05, 0.1) is 0 Å². The van der Waals surface area contributed by atoms with Crippen molar-refractivity contribution in [3.05, 3.63) is 61.5 Å². The summed E-state index contributed by atoms with van der Waals surface area (Å²) in [5.41, 5.74) is 1.92. The lowest BCUT2D eigenvalue weighted by Gasteiger charge is -1.93. The average molecular weight is 267 g/mol. The highest BCUT2D eigenvalue weighted by Crippen LogP contribution is 2.14. The number of rotatable bonds is 5. The van der Waals surface area contributed by atoms with E-state index in [0.717, 1.165) is 5.69 Å². The molecule has 2 aromatic rings. The second-order valence-electron chi connectivity index (χ2n) is 3.76. The second-order valence-corrected chi connectivity index (χ2v) is 3.76. The third-order valence-corrected chi connectivity index (χ3v) is 2.30.